The molecular formula is C8H11NO4S. The molecule has 0 fully saturated rings. The molecule has 0 aliphatic carbocycles. The number of hydrogen-bond donors (Lipinski definition) is 3. The van der Waals surface area contributed by atoms with Crippen molar-refractivity contribution in [1.82, 2.24) is 4.98 Å². The third-order valence-corrected chi connectivity index (χ3v) is 2.99. The van der Waals surface area contributed by atoms with Gasteiger partial charge in [-0.3, -0.25) is 0 Å². The highest BCUT2D eigenvalue weighted by molar-refractivity contribution is 7.11. The van der Waals surface area contributed by atoms with Gasteiger partial charge in [0.2, 0.25) is 0 Å². The molecule has 78 valence electrons. The Morgan fingerprint density at radius 2 is 2.00 bits per heavy atom. The quantitative estimate of drug-likeness (QED) is 0.674. The van der Waals surface area contributed by atoms with E-state index in [-0.39, 0.29) is 5.01 Å². The van der Waals surface area contributed by atoms with Crippen LogP contribution in [-0.2, 0) is 4.79 Å². The van der Waals surface area contributed by atoms with Crippen LogP contribution in [0.25, 0.3) is 0 Å². The van der Waals surface area contributed by atoms with Gasteiger partial charge in [0.25, 0.3) is 0 Å². The highest BCUT2D eigenvalue weighted by Crippen LogP contribution is 2.24. The number of carboxylic acids is 1. The van der Waals surface area contributed by atoms with Gasteiger partial charge in [-0.1, -0.05) is 0 Å². The Bertz CT molecular complexity index is 330. The van der Waals surface area contributed by atoms with Crippen molar-refractivity contribution in [1.29, 1.82) is 0 Å². The van der Waals surface area contributed by atoms with Crippen molar-refractivity contribution in [3.8, 4) is 0 Å². The summed E-state index contributed by atoms with van der Waals surface area (Å²) in [5, 5.41) is 27.2. The largest absolute Gasteiger partial charge is 0.479 e. The standard InChI is InChI=1S/C8H11NO4S/c1-3-4(2)14-7(9-3)5(10)6(11)8(12)13/h5-6,10-11H,1-2H3,(H,12,13). The molecule has 0 radical (unpaired) electrons. The highest BCUT2D eigenvalue weighted by Gasteiger charge is 2.27. The fraction of sp³-hybridized carbons (Fsp3) is 0.500. The van der Waals surface area contributed by atoms with Crippen LogP contribution in [0.4, 0.5) is 0 Å². The van der Waals surface area contributed by atoms with Gasteiger partial charge in [0.1, 0.15) is 11.1 Å². The van der Waals surface area contributed by atoms with Crippen molar-refractivity contribution in [2.75, 3.05) is 0 Å². The summed E-state index contributed by atoms with van der Waals surface area (Å²) >= 11 is 1.18. The predicted octanol–water partition coefficient (Wildman–Crippen LogP) is 0.239. The van der Waals surface area contributed by atoms with Crippen LogP contribution in [0.5, 0.6) is 0 Å². The summed E-state index contributed by atoms with van der Waals surface area (Å²) in [6, 6.07) is 0. The average molecular weight is 217 g/mol. The number of nitrogens with zero attached hydrogens (tertiary/aromatic N) is 1. The Labute approximate surface area is 84.7 Å². The number of aromatic nitrogens is 1. The molecule has 0 amide bonds. The summed E-state index contributed by atoms with van der Waals surface area (Å²) in [6.07, 6.45) is -3.27. The van der Waals surface area contributed by atoms with Crippen molar-refractivity contribution < 1.29 is 20.1 Å². The zero-order valence-corrected chi connectivity index (χ0v) is 8.58. The highest BCUT2D eigenvalue weighted by atomic mass is 32.1. The fourth-order valence-corrected chi connectivity index (χ4v) is 1.83. The molecule has 14 heavy (non-hydrogen) atoms. The first kappa shape index (κ1) is 11.1. The van der Waals surface area contributed by atoms with E-state index in [1.165, 1.54) is 11.3 Å². The second-order valence-corrected chi connectivity index (χ2v) is 4.16. The molecule has 0 saturated carbocycles. The van der Waals surface area contributed by atoms with Crippen molar-refractivity contribution in [2.45, 2.75) is 26.1 Å². The van der Waals surface area contributed by atoms with E-state index in [2.05, 4.69) is 4.98 Å². The van der Waals surface area contributed by atoms with Crippen LogP contribution in [-0.4, -0.2) is 32.4 Å². The van der Waals surface area contributed by atoms with E-state index in [1.807, 2.05) is 6.92 Å². The maximum absolute atomic E-state index is 10.4. The number of aliphatic carboxylic acids is 1. The van der Waals surface area contributed by atoms with Crippen LogP contribution in [0.3, 0.4) is 0 Å². The second kappa shape index (κ2) is 4.04. The number of carbonyl (C=O) groups is 1. The SMILES string of the molecule is Cc1nc(C(O)C(O)C(=O)O)sc1C. The molecule has 1 aromatic rings. The van der Waals surface area contributed by atoms with Gasteiger partial charge in [-0.15, -0.1) is 11.3 Å². The summed E-state index contributed by atoms with van der Waals surface area (Å²) in [6.45, 7) is 3.57. The third-order valence-electron chi connectivity index (χ3n) is 1.85. The van der Waals surface area contributed by atoms with Gasteiger partial charge >= 0.3 is 5.97 Å². The van der Waals surface area contributed by atoms with Crippen molar-refractivity contribution in [3.05, 3.63) is 15.6 Å². The number of carboxylic acid groups (broad SMARTS) is 1. The Morgan fingerprint density at radius 1 is 1.43 bits per heavy atom. The molecule has 0 aliphatic rings. The lowest BCUT2D eigenvalue weighted by Gasteiger charge is -2.10. The minimum Gasteiger partial charge on any atom is -0.479 e. The normalized spacial score (nSPS) is 15.1. The molecule has 3 N–H and O–H groups in total. The van der Waals surface area contributed by atoms with E-state index in [0.717, 1.165) is 10.6 Å². The van der Waals surface area contributed by atoms with Crippen molar-refractivity contribution in [2.24, 2.45) is 0 Å². The Balaban J connectivity index is 2.89. The molecule has 0 aromatic carbocycles. The van der Waals surface area contributed by atoms with E-state index in [1.54, 1.807) is 6.92 Å². The summed E-state index contributed by atoms with van der Waals surface area (Å²) in [5.41, 5.74) is 0.738. The molecule has 2 unspecified atom stereocenters. The molecule has 5 nitrogen and oxygen atoms in total. The van der Waals surface area contributed by atoms with Gasteiger partial charge < -0.3 is 15.3 Å². The lowest BCUT2D eigenvalue weighted by Crippen LogP contribution is -2.27. The summed E-state index contributed by atoms with van der Waals surface area (Å²) in [7, 11) is 0. The second-order valence-electron chi connectivity index (χ2n) is 2.92. The lowest BCUT2D eigenvalue weighted by molar-refractivity contribution is -0.153. The summed E-state index contributed by atoms with van der Waals surface area (Å²) in [4.78, 5) is 15.2. The van der Waals surface area contributed by atoms with Crippen LogP contribution in [0.1, 0.15) is 21.7 Å². The first-order chi connectivity index (χ1) is 6.43. The van der Waals surface area contributed by atoms with Gasteiger partial charge in [-0.2, -0.15) is 0 Å². The van der Waals surface area contributed by atoms with Crippen LogP contribution >= 0.6 is 11.3 Å². The van der Waals surface area contributed by atoms with Crippen molar-refractivity contribution >= 4 is 17.3 Å². The number of rotatable bonds is 3. The van der Waals surface area contributed by atoms with Gasteiger partial charge in [0, 0.05) is 4.88 Å². The topological polar surface area (TPSA) is 90.7 Å². The molecule has 2 atom stereocenters. The molecule has 0 aliphatic heterocycles. The van der Waals surface area contributed by atoms with E-state index in [4.69, 9.17) is 10.2 Å². The maximum Gasteiger partial charge on any atom is 0.335 e. The van der Waals surface area contributed by atoms with Crippen molar-refractivity contribution in [3.63, 3.8) is 0 Å². The lowest BCUT2D eigenvalue weighted by atomic mass is 10.2. The zero-order valence-electron chi connectivity index (χ0n) is 7.76. The number of thiazole rings is 1. The predicted molar refractivity (Wildman–Crippen MR) is 50.2 cm³/mol. The molecule has 1 aromatic heterocycles. The zero-order chi connectivity index (χ0) is 10.9. The van der Waals surface area contributed by atoms with Gasteiger partial charge in [0.05, 0.1) is 5.69 Å². The van der Waals surface area contributed by atoms with Crippen LogP contribution < -0.4 is 0 Å². The number of hydrogen-bond acceptors (Lipinski definition) is 5. The minimum atomic E-state index is -1.82. The Kier molecular flexibility index (Phi) is 3.20. The van der Waals surface area contributed by atoms with Crippen LogP contribution in [0, 0.1) is 13.8 Å². The Hall–Kier alpha value is -0.980. The number of aryl methyl sites for hydroxylation is 2. The molecule has 0 bridgehead atoms. The number of aliphatic hydroxyl groups excluding tert-OH is 2. The Morgan fingerprint density at radius 3 is 2.36 bits per heavy atom. The monoisotopic (exact) mass is 217 g/mol. The first-order valence-corrected chi connectivity index (χ1v) is 4.78. The molecule has 0 spiro atoms. The summed E-state index contributed by atoms with van der Waals surface area (Å²) in [5.74, 6) is -1.46. The molecule has 1 heterocycles. The smallest absolute Gasteiger partial charge is 0.335 e. The summed E-state index contributed by atoms with van der Waals surface area (Å²) < 4.78 is 0. The first-order valence-electron chi connectivity index (χ1n) is 3.96. The fourth-order valence-electron chi connectivity index (χ4n) is 0.894. The van der Waals surface area contributed by atoms with E-state index >= 15 is 0 Å². The molecule has 1 rings (SSSR count). The van der Waals surface area contributed by atoms with Gasteiger partial charge in [-0.05, 0) is 13.8 Å². The minimum absolute atomic E-state index is 0.231. The van der Waals surface area contributed by atoms with Gasteiger partial charge in [0.15, 0.2) is 6.10 Å². The van der Waals surface area contributed by atoms with E-state index in [0.29, 0.717) is 0 Å². The van der Waals surface area contributed by atoms with Crippen LogP contribution in [0.15, 0.2) is 0 Å². The van der Waals surface area contributed by atoms with Gasteiger partial charge in [-0.25, -0.2) is 9.78 Å². The van der Waals surface area contributed by atoms with Crippen LogP contribution in [0.2, 0.25) is 0 Å². The number of aliphatic hydroxyl groups is 2. The molecular weight excluding hydrogens is 206 g/mol. The van der Waals surface area contributed by atoms with E-state index < -0.39 is 18.2 Å². The molecule has 0 saturated heterocycles. The van der Waals surface area contributed by atoms with E-state index in [9.17, 15) is 9.90 Å². The molecule has 6 heteroatoms. The average Bonchev–Trinajstić information content (AvgIpc) is 2.44. The maximum atomic E-state index is 10.4. The third kappa shape index (κ3) is 2.09.